The predicted octanol–water partition coefficient (Wildman–Crippen LogP) is 1.25. The van der Waals surface area contributed by atoms with Crippen LogP contribution in [0.15, 0.2) is 24.3 Å². The molecule has 0 aliphatic carbocycles. The highest BCUT2D eigenvalue weighted by atomic mass is 32.2. The number of piperidine rings is 1. The third-order valence-corrected chi connectivity index (χ3v) is 6.19. The van der Waals surface area contributed by atoms with Gasteiger partial charge in [-0.2, -0.15) is 0 Å². The van der Waals surface area contributed by atoms with Gasteiger partial charge >= 0.3 is 0 Å². The summed E-state index contributed by atoms with van der Waals surface area (Å²) in [7, 11) is -1.55. The van der Waals surface area contributed by atoms with E-state index in [0.717, 1.165) is 5.75 Å². The SMILES string of the molecule is CCS(=O)(=O)N1CCC(C(=O)NCCOc2ccc(OC)cc2)CC1. The molecule has 1 aliphatic heterocycles. The first kappa shape index (κ1) is 19.5. The molecule has 1 saturated heterocycles. The van der Waals surface area contributed by atoms with E-state index in [1.807, 2.05) is 24.3 Å². The molecule has 0 bridgehead atoms. The van der Waals surface area contributed by atoms with Gasteiger partial charge in [-0.15, -0.1) is 0 Å². The van der Waals surface area contributed by atoms with Gasteiger partial charge in [0.15, 0.2) is 0 Å². The minimum absolute atomic E-state index is 0.0353. The second kappa shape index (κ2) is 9.05. The highest BCUT2D eigenvalue weighted by molar-refractivity contribution is 7.89. The van der Waals surface area contributed by atoms with Crippen LogP contribution in [0, 0.1) is 5.92 Å². The fourth-order valence-corrected chi connectivity index (χ4v) is 3.87. The molecule has 1 aliphatic rings. The summed E-state index contributed by atoms with van der Waals surface area (Å²) in [6, 6.07) is 7.24. The third-order valence-electron chi connectivity index (χ3n) is 4.31. The molecule has 1 fully saturated rings. The lowest BCUT2D eigenvalue weighted by Gasteiger charge is -2.30. The first-order chi connectivity index (χ1) is 12.0. The molecule has 0 atom stereocenters. The van der Waals surface area contributed by atoms with E-state index in [0.29, 0.717) is 44.8 Å². The summed E-state index contributed by atoms with van der Waals surface area (Å²) in [5, 5.41) is 2.86. The van der Waals surface area contributed by atoms with E-state index < -0.39 is 10.0 Å². The van der Waals surface area contributed by atoms with Crippen LogP contribution in [0.3, 0.4) is 0 Å². The Morgan fingerprint density at radius 2 is 1.80 bits per heavy atom. The summed E-state index contributed by atoms with van der Waals surface area (Å²) in [6.07, 6.45) is 1.12. The van der Waals surface area contributed by atoms with Crippen LogP contribution in [-0.4, -0.2) is 57.7 Å². The maximum atomic E-state index is 12.2. The number of benzene rings is 1. The van der Waals surface area contributed by atoms with Crippen LogP contribution in [0.2, 0.25) is 0 Å². The minimum atomic E-state index is -3.15. The fraction of sp³-hybridized carbons (Fsp3) is 0.588. The van der Waals surface area contributed by atoms with E-state index in [9.17, 15) is 13.2 Å². The molecule has 1 heterocycles. The Kier molecular flexibility index (Phi) is 7.07. The van der Waals surface area contributed by atoms with E-state index >= 15 is 0 Å². The van der Waals surface area contributed by atoms with Gasteiger partial charge in [-0.3, -0.25) is 4.79 Å². The Bertz CT molecular complexity index is 652. The number of hydrogen-bond donors (Lipinski definition) is 1. The largest absolute Gasteiger partial charge is 0.497 e. The average Bonchev–Trinajstić information content (AvgIpc) is 2.65. The highest BCUT2D eigenvalue weighted by Gasteiger charge is 2.29. The molecule has 8 heteroatoms. The van der Waals surface area contributed by atoms with E-state index in [-0.39, 0.29) is 17.6 Å². The van der Waals surface area contributed by atoms with Gasteiger partial charge < -0.3 is 14.8 Å². The summed E-state index contributed by atoms with van der Waals surface area (Å²) in [4.78, 5) is 12.2. The molecule has 1 amide bonds. The number of hydrogen-bond acceptors (Lipinski definition) is 5. The molecule has 0 radical (unpaired) electrons. The Morgan fingerprint density at radius 3 is 2.36 bits per heavy atom. The molecular formula is C17H26N2O5S. The van der Waals surface area contributed by atoms with Crippen LogP contribution in [0.1, 0.15) is 19.8 Å². The van der Waals surface area contributed by atoms with Crippen molar-refractivity contribution in [3.63, 3.8) is 0 Å². The molecule has 0 aromatic heterocycles. The molecule has 1 aromatic carbocycles. The number of nitrogens with zero attached hydrogens (tertiary/aromatic N) is 1. The first-order valence-electron chi connectivity index (χ1n) is 8.48. The van der Waals surface area contributed by atoms with E-state index in [1.54, 1.807) is 14.0 Å². The van der Waals surface area contributed by atoms with Gasteiger partial charge in [0.05, 0.1) is 19.4 Å². The van der Waals surface area contributed by atoms with Crippen molar-refractivity contribution in [3.8, 4) is 11.5 Å². The monoisotopic (exact) mass is 370 g/mol. The molecule has 1 N–H and O–H groups in total. The van der Waals surface area contributed by atoms with Crippen LogP contribution in [0.25, 0.3) is 0 Å². The van der Waals surface area contributed by atoms with Gasteiger partial charge in [0.25, 0.3) is 0 Å². The fourth-order valence-electron chi connectivity index (χ4n) is 2.74. The maximum absolute atomic E-state index is 12.2. The number of methoxy groups -OCH3 is 1. The number of amides is 1. The molecule has 0 unspecified atom stereocenters. The molecule has 1 aromatic rings. The normalized spacial score (nSPS) is 16.4. The average molecular weight is 370 g/mol. The van der Waals surface area contributed by atoms with Crippen LogP contribution >= 0.6 is 0 Å². The van der Waals surface area contributed by atoms with Gasteiger partial charge in [-0.05, 0) is 44.0 Å². The summed E-state index contributed by atoms with van der Waals surface area (Å²) in [5.74, 6) is 1.41. The van der Waals surface area contributed by atoms with Crippen molar-refractivity contribution in [1.82, 2.24) is 9.62 Å². The Hall–Kier alpha value is -1.80. The second-order valence-electron chi connectivity index (χ2n) is 5.89. The van der Waals surface area contributed by atoms with Crippen molar-refractivity contribution < 1.29 is 22.7 Å². The number of carbonyl (C=O) groups is 1. The minimum Gasteiger partial charge on any atom is -0.497 e. The molecule has 140 valence electrons. The lowest BCUT2D eigenvalue weighted by Crippen LogP contribution is -2.44. The summed E-state index contributed by atoms with van der Waals surface area (Å²) < 4.78 is 35.7. The topological polar surface area (TPSA) is 84.9 Å². The van der Waals surface area contributed by atoms with Crippen molar-refractivity contribution in [2.45, 2.75) is 19.8 Å². The number of sulfonamides is 1. The Labute approximate surface area is 149 Å². The maximum Gasteiger partial charge on any atom is 0.223 e. The summed E-state index contributed by atoms with van der Waals surface area (Å²) in [5.41, 5.74) is 0. The highest BCUT2D eigenvalue weighted by Crippen LogP contribution is 2.20. The lowest BCUT2D eigenvalue weighted by molar-refractivity contribution is -0.126. The molecule has 7 nitrogen and oxygen atoms in total. The summed E-state index contributed by atoms with van der Waals surface area (Å²) >= 11 is 0. The smallest absolute Gasteiger partial charge is 0.223 e. The first-order valence-corrected chi connectivity index (χ1v) is 10.1. The molecule has 0 spiro atoms. The number of nitrogens with one attached hydrogen (secondary N) is 1. The van der Waals surface area contributed by atoms with Crippen LogP contribution in [-0.2, 0) is 14.8 Å². The molecule has 25 heavy (non-hydrogen) atoms. The van der Waals surface area contributed by atoms with Crippen LogP contribution < -0.4 is 14.8 Å². The third kappa shape index (κ3) is 5.61. The molecule has 2 rings (SSSR count). The van der Waals surface area contributed by atoms with Gasteiger partial charge in [0.1, 0.15) is 18.1 Å². The number of rotatable bonds is 8. The Balaban J connectivity index is 1.67. The van der Waals surface area contributed by atoms with Gasteiger partial charge in [-0.25, -0.2) is 12.7 Å². The summed E-state index contributed by atoms with van der Waals surface area (Å²) in [6.45, 7) is 3.25. The number of ether oxygens (including phenoxy) is 2. The van der Waals surface area contributed by atoms with E-state index in [1.165, 1.54) is 4.31 Å². The van der Waals surface area contributed by atoms with Crippen molar-refractivity contribution in [2.75, 3.05) is 39.1 Å². The van der Waals surface area contributed by atoms with Crippen molar-refractivity contribution >= 4 is 15.9 Å². The quantitative estimate of drug-likeness (QED) is 0.696. The second-order valence-corrected chi connectivity index (χ2v) is 8.15. The zero-order chi connectivity index (χ0) is 18.3. The van der Waals surface area contributed by atoms with Crippen molar-refractivity contribution in [1.29, 1.82) is 0 Å². The standard InChI is InChI=1S/C17H26N2O5S/c1-3-25(21,22)19-11-8-14(9-12-19)17(20)18-10-13-24-16-6-4-15(23-2)5-7-16/h4-7,14H,3,8-13H2,1-2H3,(H,18,20). The van der Waals surface area contributed by atoms with Crippen LogP contribution in [0.5, 0.6) is 11.5 Å². The predicted molar refractivity (Wildman–Crippen MR) is 95.3 cm³/mol. The van der Waals surface area contributed by atoms with Gasteiger partial charge in [-0.1, -0.05) is 0 Å². The van der Waals surface area contributed by atoms with Crippen molar-refractivity contribution in [3.05, 3.63) is 24.3 Å². The zero-order valence-electron chi connectivity index (χ0n) is 14.7. The van der Waals surface area contributed by atoms with E-state index in [4.69, 9.17) is 9.47 Å². The van der Waals surface area contributed by atoms with Crippen LogP contribution in [0.4, 0.5) is 0 Å². The molecule has 0 saturated carbocycles. The number of carbonyl (C=O) groups excluding carboxylic acids is 1. The van der Waals surface area contributed by atoms with Gasteiger partial charge in [0, 0.05) is 19.0 Å². The zero-order valence-corrected chi connectivity index (χ0v) is 15.5. The van der Waals surface area contributed by atoms with Crippen molar-refractivity contribution in [2.24, 2.45) is 5.92 Å². The molecular weight excluding hydrogens is 344 g/mol. The Morgan fingerprint density at radius 1 is 1.20 bits per heavy atom. The van der Waals surface area contributed by atoms with Gasteiger partial charge in [0.2, 0.25) is 15.9 Å². The lowest BCUT2D eigenvalue weighted by atomic mass is 9.97. The van der Waals surface area contributed by atoms with E-state index in [2.05, 4.69) is 5.32 Å².